The number of aromatic nitrogens is 2. The van der Waals surface area contributed by atoms with Crippen molar-refractivity contribution in [2.45, 2.75) is 20.5 Å². The molecule has 0 bridgehead atoms. The molecule has 0 aliphatic heterocycles. The van der Waals surface area contributed by atoms with Crippen molar-refractivity contribution in [3.05, 3.63) is 59.4 Å². The highest BCUT2D eigenvalue weighted by atomic mass is 16.5. The number of hydrogen-bond donors (Lipinski definition) is 0. The molecule has 0 aliphatic carbocycles. The molecule has 2 aromatic carbocycles. The summed E-state index contributed by atoms with van der Waals surface area (Å²) < 4.78 is 13.0. The van der Waals surface area contributed by atoms with Crippen LogP contribution in [0.4, 0.5) is 0 Å². The second-order valence-electron chi connectivity index (χ2n) is 5.55. The Hall–Kier alpha value is -2.82. The van der Waals surface area contributed by atoms with E-state index in [0.29, 0.717) is 24.5 Å². The van der Waals surface area contributed by atoms with Crippen LogP contribution in [0.5, 0.6) is 5.75 Å². The highest BCUT2D eigenvalue weighted by Crippen LogP contribution is 2.28. The molecule has 0 fully saturated rings. The number of carbonyl (C=O) groups is 1. The van der Waals surface area contributed by atoms with E-state index in [2.05, 4.69) is 4.98 Å². The fourth-order valence-electron chi connectivity index (χ4n) is 2.55. The van der Waals surface area contributed by atoms with Gasteiger partial charge in [0.25, 0.3) is 0 Å². The zero-order valence-corrected chi connectivity index (χ0v) is 14.1. The number of benzene rings is 2. The van der Waals surface area contributed by atoms with Crippen molar-refractivity contribution in [3.63, 3.8) is 0 Å². The summed E-state index contributed by atoms with van der Waals surface area (Å²) in [7, 11) is 1.92. The Labute approximate surface area is 140 Å². The number of nitrogens with zero attached hydrogens (tertiary/aromatic N) is 2. The molecule has 124 valence electrons. The Morgan fingerprint density at radius 2 is 1.96 bits per heavy atom. The summed E-state index contributed by atoms with van der Waals surface area (Å²) in [5, 5.41) is 0. The summed E-state index contributed by atoms with van der Waals surface area (Å²) in [5.74, 6) is 1.08. The molecule has 0 aliphatic rings. The molecule has 5 heteroatoms. The highest BCUT2D eigenvalue weighted by molar-refractivity contribution is 5.96. The number of carbonyl (C=O) groups excluding carboxylic acids is 1. The Morgan fingerprint density at radius 3 is 2.67 bits per heavy atom. The first kappa shape index (κ1) is 16.1. The predicted octanol–water partition coefficient (Wildman–Crippen LogP) is 3.64. The average molecular weight is 324 g/mol. The van der Waals surface area contributed by atoms with Crippen molar-refractivity contribution in [1.82, 2.24) is 9.55 Å². The first-order chi connectivity index (χ1) is 11.6. The Balaban J connectivity index is 2.00. The van der Waals surface area contributed by atoms with Gasteiger partial charge in [0.2, 0.25) is 0 Å². The van der Waals surface area contributed by atoms with E-state index in [-0.39, 0.29) is 5.97 Å². The van der Waals surface area contributed by atoms with Crippen molar-refractivity contribution < 1.29 is 14.3 Å². The molecule has 0 radical (unpaired) electrons. The van der Waals surface area contributed by atoms with Crippen LogP contribution in [-0.2, 0) is 18.4 Å². The minimum Gasteiger partial charge on any atom is -0.487 e. The lowest BCUT2D eigenvalue weighted by molar-refractivity contribution is 0.0526. The second kappa shape index (κ2) is 6.74. The van der Waals surface area contributed by atoms with Crippen molar-refractivity contribution >= 4 is 17.0 Å². The molecule has 0 amide bonds. The van der Waals surface area contributed by atoms with Gasteiger partial charge in [0, 0.05) is 7.05 Å². The lowest BCUT2D eigenvalue weighted by Gasteiger charge is -2.10. The van der Waals surface area contributed by atoms with Gasteiger partial charge in [0.05, 0.1) is 17.7 Å². The van der Waals surface area contributed by atoms with Crippen LogP contribution in [0.25, 0.3) is 11.0 Å². The number of fused-ring (bicyclic) bond motifs is 1. The van der Waals surface area contributed by atoms with E-state index in [1.165, 1.54) is 0 Å². The molecular formula is C19H20N2O3. The Bertz CT molecular complexity index is 869. The maximum Gasteiger partial charge on any atom is 0.338 e. The fraction of sp³-hybridized carbons (Fsp3) is 0.263. The maximum absolute atomic E-state index is 12.1. The Kier molecular flexibility index (Phi) is 4.51. The first-order valence-corrected chi connectivity index (χ1v) is 7.91. The van der Waals surface area contributed by atoms with E-state index in [0.717, 1.165) is 22.4 Å². The van der Waals surface area contributed by atoms with Gasteiger partial charge in [-0.3, -0.25) is 0 Å². The summed E-state index contributed by atoms with van der Waals surface area (Å²) in [4.78, 5) is 16.7. The number of rotatable bonds is 5. The van der Waals surface area contributed by atoms with E-state index >= 15 is 0 Å². The van der Waals surface area contributed by atoms with Crippen LogP contribution in [0.2, 0.25) is 0 Å². The van der Waals surface area contributed by atoms with Crippen molar-refractivity contribution in [2.24, 2.45) is 7.05 Å². The summed E-state index contributed by atoms with van der Waals surface area (Å²) in [6.45, 7) is 4.46. The molecule has 0 unspecified atom stereocenters. The summed E-state index contributed by atoms with van der Waals surface area (Å²) in [6.07, 6.45) is 0. The lowest BCUT2D eigenvalue weighted by Crippen LogP contribution is -2.06. The van der Waals surface area contributed by atoms with E-state index in [1.807, 2.05) is 48.9 Å². The van der Waals surface area contributed by atoms with Crippen LogP contribution in [0.3, 0.4) is 0 Å². The van der Waals surface area contributed by atoms with Gasteiger partial charge >= 0.3 is 5.97 Å². The predicted molar refractivity (Wildman–Crippen MR) is 92.2 cm³/mol. The van der Waals surface area contributed by atoms with Gasteiger partial charge in [-0.2, -0.15) is 0 Å². The molecule has 0 saturated carbocycles. The number of hydrogen-bond acceptors (Lipinski definition) is 4. The fourth-order valence-corrected chi connectivity index (χ4v) is 2.55. The summed E-state index contributed by atoms with van der Waals surface area (Å²) in [5.41, 5.74) is 3.12. The minimum atomic E-state index is -0.359. The van der Waals surface area contributed by atoms with Crippen molar-refractivity contribution in [1.29, 1.82) is 0 Å². The molecule has 0 saturated heterocycles. The standard InChI is InChI=1S/C19H20N2O3/c1-4-23-19(22)15-10-16-18(20-13(2)21(16)3)17(11-15)24-12-14-8-6-5-7-9-14/h5-11H,4,12H2,1-3H3. The molecule has 24 heavy (non-hydrogen) atoms. The zero-order chi connectivity index (χ0) is 17.1. The van der Waals surface area contributed by atoms with Gasteiger partial charge in [-0.15, -0.1) is 0 Å². The van der Waals surface area contributed by atoms with Gasteiger partial charge < -0.3 is 14.0 Å². The molecular weight excluding hydrogens is 304 g/mol. The van der Waals surface area contributed by atoms with Crippen LogP contribution in [-0.4, -0.2) is 22.1 Å². The first-order valence-electron chi connectivity index (χ1n) is 7.91. The third-order valence-electron chi connectivity index (χ3n) is 3.92. The quantitative estimate of drug-likeness (QED) is 0.672. The molecule has 0 atom stereocenters. The molecule has 1 aromatic heterocycles. The maximum atomic E-state index is 12.1. The molecule has 3 rings (SSSR count). The second-order valence-corrected chi connectivity index (χ2v) is 5.55. The van der Waals surface area contributed by atoms with Crippen molar-refractivity contribution in [2.75, 3.05) is 6.61 Å². The minimum absolute atomic E-state index is 0.335. The SMILES string of the molecule is CCOC(=O)c1cc(OCc2ccccc2)c2nc(C)n(C)c2c1. The molecule has 5 nitrogen and oxygen atoms in total. The van der Waals surface area contributed by atoms with Crippen LogP contribution in [0.15, 0.2) is 42.5 Å². The zero-order valence-electron chi connectivity index (χ0n) is 14.1. The van der Waals surface area contributed by atoms with Gasteiger partial charge in [-0.1, -0.05) is 30.3 Å². The molecule has 1 heterocycles. The smallest absolute Gasteiger partial charge is 0.338 e. The normalized spacial score (nSPS) is 10.8. The monoisotopic (exact) mass is 324 g/mol. The van der Waals surface area contributed by atoms with Gasteiger partial charge in [0.15, 0.2) is 0 Å². The lowest BCUT2D eigenvalue weighted by atomic mass is 10.1. The van der Waals surface area contributed by atoms with E-state index < -0.39 is 0 Å². The number of ether oxygens (including phenoxy) is 2. The van der Waals surface area contributed by atoms with Gasteiger partial charge in [-0.05, 0) is 31.5 Å². The van der Waals surface area contributed by atoms with E-state index in [9.17, 15) is 4.79 Å². The van der Waals surface area contributed by atoms with Crippen LogP contribution < -0.4 is 4.74 Å². The van der Waals surface area contributed by atoms with Crippen LogP contribution in [0.1, 0.15) is 28.7 Å². The summed E-state index contributed by atoms with van der Waals surface area (Å²) in [6, 6.07) is 13.4. The topological polar surface area (TPSA) is 53.4 Å². The van der Waals surface area contributed by atoms with Gasteiger partial charge in [-0.25, -0.2) is 9.78 Å². The summed E-state index contributed by atoms with van der Waals surface area (Å²) >= 11 is 0. The van der Waals surface area contributed by atoms with Crippen LogP contribution >= 0.6 is 0 Å². The van der Waals surface area contributed by atoms with Crippen molar-refractivity contribution in [3.8, 4) is 5.75 Å². The third kappa shape index (κ3) is 3.11. The van der Waals surface area contributed by atoms with Gasteiger partial charge in [0.1, 0.15) is 23.7 Å². The molecule has 0 spiro atoms. The van der Waals surface area contributed by atoms with E-state index in [4.69, 9.17) is 9.47 Å². The average Bonchev–Trinajstić information content (AvgIpc) is 2.89. The Morgan fingerprint density at radius 1 is 1.21 bits per heavy atom. The number of aryl methyl sites for hydroxylation is 2. The van der Waals surface area contributed by atoms with E-state index in [1.54, 1.807) is 19.1 Å². The third-order valence-corrected chi connectivity index (χ3v) is 3.92. The molecule has 0 N–H and O–H groups in total. The largest absolute Gasteiger partial charge is 0.487 e. The number of esters is 1. The van der Waals surface area contributed by atoms with Crippen LogP contribution in [0, 0.1) is 6.92 Å². The number of imidazole rings is 1. The molecule has 3 aromatic rings. The highest BCUT2D eigenvalue weighted by Gasteiger charge is 2.16.